The molecule has 0 aliphatic heterocycles. The first-order chi connectivity index (χ1) is 5.36. The van der Waals surface area contributed by atoms with Crippen molar-refractivity contribution in [3.05, 3.63) is 23.5 Å². The van der Waals surface area contributed by atoms with Gasteiger partial charge in [0.25, 0.3) is 0 Å². The Morgan fingerprint density at radius 3 is 3.00 bits per heavy atom. The summed E-state index contributed by atoms with van der Waals surface area (Å²) in [4.78, 5) is 3.17. The van der Waals surface area contributed by atoms with E-state index in [1.807, 2.05) is 0 Å². The molecule has 1 aromatic heterocycles. The molecule has 2 heteroatoms. The number of aryl methyl sites for hydroxylation is 1. The smallest absolute Gasteiger partial charge is 0.0862 e. The van der Waals surface area contributed by atoms with Crippen LogP contribution in [-0.4, -0.2) is 12.1 Å². The summed E-state index contributed by atoms with van der Waals surface area (Å²) in [7, 11) is 1.71. The highest BCUT2D eigenvalue weighted by Crippen LogP contribution is 2.06. The van der Waals surface area contributed by atoms with Crippen LogP contribution in [0.2, 0.25) is 0 Å². The van der Waals surface area contributed by atoms with Gasteiger partial charge in [-0.2, -0.15) is 0 Å². The molecule has 2 nitrogen and oxygen atoms in total. The van der Waals surface area contributed by atoms with Crippen LogP contribution < -0.4 is 0 Å². The van der Waals surface area contributed by atoms with E-state index < -0.39 is 0 Å². The van der Waals surface area contributed by atoms with Gasteiger partial charge < -0.3 is 9.72 Å². The SMILES string of the molecule is CCCc1c[nH]c(COC)c1. The second-order valence-corrected chi connectivity index (χ2v) is 2.72. The van der Waals surface area contributed by atoms with E-state index in [1.54, 1.807) is 7.11 Å². The molecule has 1 rings (SSSR count). The van der Waals surface area contributed by atoms with Gasteiger partial charge in [-0.25, -0.2) is 0 Å². The van der Waals surface area contributed by atoms with Crippen molar-refractivity contribution in [3.63, 3.8) is 0 Å². The van der Waals surface area contributed by atoms with E-state index in [4.69, 9.17) is 4.74 Å². The third-order valence-corrected chi connectivity index (χ3v) is 1.64. The van der Waals surface area contributed by atoms with Crippen molar-refractivity contribution >= 4 is 0 Å². The minimum absolute atomic E-state index is 0.684. The molecule has 11 heavy (non-hydrogen) atoms. The first-order valence-corrected chi connectivity index (χ1v) is 4.02. The molecule has 0 saturated carbocycles. The van der Waals surface area contributed by atoms with Crippen molar-refractivity contribution < 1.29 is 4.74 Å². The number of ether oxygens (including phenoxy) is 1. The van der Waals surface area contributed by atoms with Crippen molar-refractivity contribution in [3.8, 4) is 0 Å². The number of hydrogen-bond donors (Lipinski definition) is 1. The molecule has 1 N–H and O–H groups in total. The zero-order valence-corrected chi connectivity index (χ0v) is 7.18. The summed E-state index contributed by atoms with van der Waals surface area (Å²) in [5, 5.41) is 0. The number of hydrogen-bond acceptors (Lipinski definition) is 1. The Morgan fingerprint density at radius 1 is 1.55 bits per heavy atom. The van der Waals surface area contributed by atoms with Crippen molar-refractivity contribution in [2.75, 3.05) is 7.11 Å². The van der Waals surface area contributed by atoms with Gasteiger partial charge in [0.15, 0.2) is 0 Å². The monoisotopic (exact) mass is 153 g/mol. The lowest BCUT2D eigenvalue weighted by molar-refractivity contribution is 0.182. The lowest BCUT2D eigenvalue weighted by atomic mass is 10.2. The topological polar surface area (TPSA) is 25.0 Å². The molecule has 0 amide bonds. The van der Waals surface area contributed by atoms with Crippen LogP contribution >= 0.6 is 0 Å². The summed E-state index contributed by atoms with van der Waals surface area (Å²) in [5.74, 6) is 0. The molecule has 0 unspecified atom stereocenters. The standard InChI is InChI=1S/C9H15NO/c1-3-4-8-5-9(7-11-2)10-6-8/h5-6,10H,3-4,7H2,1-2H3. The molecular formula is C9H15NO. The maximum atomic E-state index is 4.99. The third-order valence-electron chi connectivity index (χ3n) is 1.64. The van der Waals surface area contributed by atoms with Gasteiger partial charge in [-0.1, -0.05) is 13.3 Å². The van der Waals surface area contributed by atoms with Crippen LogP contribution in [0.1, 0.15) is 24.6 Å². The highest BCUT2D eigenvalue weighted by Gasteiger charge is 1.96. The molecule has 0 bridgehead atoms. The zero-order valence-electron chi connectivity index (χ0n) is 7.18. The summed E-state index contributed by atoms with van der Waals surface area (Å²) in [6.45, 7) is 2.87. The molecule has 62 valence electrons. The molecule has 1 aromatic rings. The van der Waals surface area contributed by atoms with Crippen molar-refractivity contribution in [1.29, 1.82) is 0 Å². The summed E-state index contributed by atoms with van der Waals surface area (Å²) in [6, 6.07) is 2.16. The largest absolute Gasteiger partial charge is 0.378 e. The van der Waals surface area contributed by atoms with Gasteiger partial charge in [-0.15, -0.1) is 0 Å². The van der Waals surface area contributed by atoms with Gasteiger partial charge >= 0.3 is 0 Å². The van der Waals surface area contributed by atoms with Gasteiger partial charge in [0.2, 0.25) is 0 Å². The maximum absolute atomic E-state index is 4.99. The Morgan fingerprint density at radius 2 is 2.36 bits per heavy atom. The van der Waals surface area contributed by atoms with Crippen molar-refractivity contribution in [2.24, 2.45) is 0 Å². The molecule has 0 aliphatic carbocycles. The fourth-order valence-corrected chi connectivity index (χ4v) is 1.16. The maximum Gasteiger partial charge on any atom is 0.0862 e. The molecule has 1 heterocycles. The van der Waals surface area contributed by atoms with Gasteiger partial charge in [-0.3, -0.25) is 0 Å². The molecule has 0 aromatic carbocycles. The van der Waals surface area contributed by atoms with E-state index in [1.165, 1.54) is 12.0 Å². The highest BCUT2D eigenvalue weighted by atomic mass is 16.5. The van der Waals surface area contributed by atoms with E-state index >= 15 is 0 Å². The van der Waals surface area contributed by atoms with Crippen LogP contribution in [0, 0.1) is 0 Å². The van der Waals surface area contributed by atoms with Crippen LogP contribution in [0.5, 0.6) is 0 Å². The number of aromatic amines is 1. The Hall–Kier alpha value is -0.760. The summed E-state index contributed by atoms with van der Waals surface area (Å²) < 4.78 is 4.99. The van der Waals surface area contributed by atoms with Crippen LogP contribution in [0.25, 0.3) is 0 Å². The fourth-order valence-electron chi connectivity index (χ4n) is 1.16. The van der Waals surface area contributed by atoms with E-state index in [-0.39, 0.29) is 0 Å². The van der Waals surface area contributed by atoms with Crippen LogP contribution in [0.3, 0.4) is 0 Å². The summed E-state index contributed by atoms with van der Waals surface area (Å²) in [6.07, 6.45) is 4.41. The van der Waals surface area contributed by atoms with Gasteiger partial charge in [0.1, 0.15) is 0 Å². The second-order valence-electron chi connectivity index (χ2n) is 2.72. The highest BCUT2D eigenvalue weighted by molar-refractivity contribution is 5.16. The Kier molecular flexibility index (Phi) is 3.17. The van der Waals surface area contributed by atoms with Crippen molar-refractivity contribution in [2.45, 2.75) is 26.4 Å². The Balaban J connectivity index is 2.51. The minimum atomic E-state index is 0.684. The number of rotatable bonds is 4. The summed E-state index contributed by atoms with van der Waals surface area (Å²) >= 11 is 0. The van der Waals surface area contributed by atoms with Crippen LogP contribution in [0.4, 0.5) is 0 Å². The third kappa shape index (κ3) is 2.39. The second kappa shape index (κ2) is 4.19. The van der Waals surface area contributed by atoms with E-state index in [0.717, 1.165) is 12.1 Å². The van der Waals surface area contributed by atoms with Crippen LogP contribution in [0.15, 0.2) is 12.3 Å². The minimum Gasteiger partial charge on any atom is -0.378 e. The first-order valence-electron chi connectivity index (χ1n) is 4.02. The molecule has 0 fully saturated rings. The lowest BCUT2D eigenvalue weighted by Gasteiger charge is -1.91. The number of nitrogens with one attached hydrogen (secondary N) is 1. The molecule has 0 spiro atoms. The molecule has 0 radical (unpaired) electrons. The average Bonchev–Trinajstić information content (AvgIpc) is 2.38. The molecule has 0 atom stereocenters. The van der Waals surface area contributed by atoms with Crippen LogP contribution in [-0.2, 0) is 17.8 Å². The Bertz CT molecular complexity index is 185. The van der Waals surface area contributed by atoms with Gasteiger partial charge in [0, 0.05) is 19.0 Å². The van der Waals surface area contributed by atoms with Crippen molar-refractivity contribution in [1.82, 2.24) is 4.98 Å². The number of aromatic nitrogens is 1. The Labute approximate surface area is 67.6 Å². The zero-order chi connectivity index (χ0) is 8.10. The lowest BCUT2D eigenvalue weighted by Crippen LogP contribution is -1.85. The summed E-state index contributed by atoms with van der Waals surface area (Å²) in [5.41, 5.74) is 2.54. The quantitative estimate of drug-likeness (QED) is 0.704. The normalized spacial score (nSPS) is 10.4. The number of H-pyrrole nitrogens is 1. The fraction of sp³-hybridized carbons (Fsp3) is 0.556. The molecule has 0 aliphatic rings. The molecule has 0 saturated heterocycles. The van der Waals surface area contributed by atoms with E-state index in [9.17, 15) is 0 Å². The predicted molar refractivity (Wildman–Crippen MR) is 45.5 cm³/mol. The molecular weight excluding hydrogens is 138 g/mol. The average molecular weight is 153 g/mol. The number of methoxy groups -OCH3 is 1. The van der Waals surface area contributed by atoms with E-state index in [2.05, 4.69) is 24.2 Å². The van der Waals surface area contributed by atoms with Gasteiger partial charge in [-0.05, 0) is 18.1 Å². The predicted octanol–water partition coefficient (Wildman–Crippen LogP) is 2.11. The first kappa shape index (κ1) is 8.34. The van der Waals surface area contributed by atoms with Gasteiger partial charge in [0.05, 0.1) is 6.61 Å². The van der Waals surface area contributed by atoms with E-state index in [0.29, 0.717) is 6.61 Å².